The molecule has 2 heterocycles. The van der Waals surface area contributed by atoms with Gasteiger partial charge < -0.3 is 10.6 Å². The van der Waals surface area contributed by atoms with E-state index in [2.05, 4.69) is 36.2 Å². The second-order valence-electron chi connectivity index (χ2n) is 6.25. The predicted molar refractivity (Wildman–Crippen MR) is 93.8 cm³/mol. The highest BCUT2D eigenvalue weighted by atomic mass is 16.2. The molecule has 0 spiro atoms. The Kier molecular flexibility index (Phi) is 6.26. The molecular formula is C17H23N7O2. The SMILES string of the molecule is O=C(CC1C(=O)NCCN1Cc1ccccc1)NCCCc1nn[nH]n1. The van der Waals surface area contributed by atoms with E-state index in [0.717, 1.165) is 18.5 Å². The molecule has 1 aromatic heterocycles. The Morgan fingerprint density at radius 2 is 2.15 bits per heavy atom. The lowest BCUT2D eigenvalue weighted by Crippen LogP contribution is -2.56. The minimum absolute atomic E-state index is 0.0888. The van der Waals surface area contributed by atoms with Crippen molar-refractivity contribution in [2.75, 3.05) is 19.6 Å². The molecule has 26 heavy (non-hydrogen) atoms. The number of carbonyl (C=O) groups excluding carboxylic acids is 2. The number of aromatic amines is 1. The summed E-state index contributed by atoms with van der Waals surface area (Å²) >= 11 is 0. The van der Waals surface area contributed by atoms with Gasteiger partial charge >= 0.3 is 0 Å². The van der Waals surface area contributed by atoms with Crippen LogP contribution in [0.1, 0.15) is 24.2 Å². The van der Waals surface area contributed by atoms with Gasteiger partial charge in [0, 0.05) is 32.6 Å². The van der Waals surface area contributed by atoms with Crippen molar-refractivity contribution < 1.29 is 9.59 Å². The number of hydrogen-bond acceptors (Lipinski definition) is 6. The number of aromatic nitrogens is 4. The van der Waals surface area contributed by atoms with Crippen LogP contribution in [0.3, 0.4) is 0 Å². The fourth-order valence-corrected chi connectivity index (χ4v) is 3.00. The molecule has 1 atom stereocenters. The molecule has 0 bridgehead atoms. The number of nitrogens with one attached hydrogen (secondary N) is 3. The first kappa shape index (κ1) is 18.0. The molecule has 0 radical (unpaired) electrons. The fourth-order valence-electron chi connectivity index (χ4n) is 3.00. The van der Waals surface area contributed by atoms with E-state index in [1.54, 1.807) is 0 Å². The van der Waals surface area contributed by atoms with Crippen molar-refractivity contribution in [3.63, 3.8) is 0 Å². The smallest absolute Gasteiger partial charge is 0.237 e. The molecule has 3 rings (SSSR count). The molecule has 1 unspecified atom stereocenters. The van der Waals surface area contributed by atoms with Crippen LogP contribution in [0.2, 0.25) is 0 Å². The third-order valence-electron chi connectivity index (χ3n) is 4.34. The largest absolute Gasteiger partial charge is 0.356 e. The Hall–Kier alpha value is -2.81. The van der Waals surface area contributed by atoms with Gasteiger partial charge in [0.05, 0.1) is 12.5 Å². The summed E-state index contributed by atoms with van der Waals surface area (Å²) in [7, 11) is 0. The highest BCUT2D eigenvalue weighted by Crippen LogP contribution is 2.13. The summed E-state index contributed by atoms with van der Waals surface area (Å²) in [5.41, 5.74) is 1.13. The van der Waals surface area contributed by atoms with E-state index in [1.165, 1.54) is 0 Å². The monoisotopic (exact) mass is 357 g/mol. The Morgan fingerprint density at radius 3 is 2.92 bits per heavy atom. The van der Waals surface area contributed by atoms with Crippen LogP contribution in [0.25, 0.3) is 0 Å². The number of tetrazole rings is 1. The van der Waals surface area contributed by atoms with Gasteiger partial charge in [0.1, 0.15) is 0 Å². The van der Waals surface area contributed by atoms with Crippen LogP contribution in [-0.4, -0.2) is 63.0 Å². The van der Waals surface area contributed by atoms with Crippen LogP contribution in [0, 0.1) is 0 Å². The number of piperazine rings is 1. The van der Waals surface area contributed by atoms with Crippen molar-refractivity contribution >= 4 is 11.8 Å². The van der Waals surface area contributed by atoms with Gasteiger partial charge in [-0.25, -0.2) is 0 Å². The van der Waals surface area contributed by atoms with E-state index < -0.39 is 6.04 Å². The summed E-state index contributed by atoms with van der Waals surface area (Å²) in [5.74, 6) is 0.410. The zero-order valence-corrected chi connectivity index (χ0v) is 14.5. The summed E-state index contributed by atoms with van der Waals surface area (Å²) in [6.07, 6.45) is 1.51. The molecule has 9 nitrogen and oxygen atoms in total. The number of aryl methyl sites for hydroxylation is 1. The van der Waals surface area contributed by atoms with Crippen molar-refractivity contribution in [1.82, 2.24) is 36.2 Å². The van der Waals surface area contributed by atoms with Crippen LogP contribution in [0.4, 0.5) is 0 Å². The Morgan fingerprint density at radius 1 is 1.31 bits per heavy atom. The molecule has 2 aromatic rings. The second kappa shape index (κ2) is 9.04. The molecule has 3 N–H and O–H groups in total. The molecule has 2 amide bonds. The Bertz CT molecular complexity index is 705. The normalized spacial score (nSPS) is 17.7. The van der Waals surface area contributed by atoms with E-state index in [-0.39, 0.29) is 18.2 Å². The van der Waals surface area contributed by atoms with E-state index in [0.29, 0.717) is 31.9 Å². The van der Waals surface area contributed by atoms with Gasteiger partial charge in [-0.3, -0.25) is 14.5 Å². The van der Waals surface area contributed by atoms with Gasteiger partial charge in [0.25, 0.3) is 0 Å². The highest BCUT2D eigenvalue weighted by Gasteiger charge is 2.31. The Balaban J connectivity index is 1.48. The number of H-pyrrole nitrogens is 1. The number of rotatable bonds is 8. The zero-order valence-electron chi connectivity index (χ0n) is 14.5. The molecule has 1 aliphatic rings. The molecule has 1 aromatic carbocycles. The number of carbonyl (C=O) groups is 2. The van der Waals surface area contributed by atoms with Crippen molar-refractivity contribution in [3.05, 3.63) is 41.7 Å². The lowest BCUT2D eigenvalue weighted by molar-refractivity contribution is -0.134. The summed E-state index contributed by atoms with van der Waals surface area (Å²) in [6.45, 7) is 2.51. The summed E-state index contributed by atoms with van der Waals surface area (Å²) in [4.78, 5) is 26.6. The molecule has 1 saturated heterocycles. The van der Waals surface area contributed by atoms with Gasteiger partial charge in [-0.05, 0) is 12.0 Å². The molecule has 0 aliphatic carbocycles. The quantitative estimate of drug-likeness (QED) is 0.556. The van der Waals surface area contributed by atoms with E-state index in [9.17, 15) is 9.59 Å². The molecule has 9 heteroatoms. The number of nitrogens with zero attached hydrogens (tertiary/aromatic N) is 4. The maximum atomic E-state index is 12.3. The van der Waals surface area contributed by atoms with E-state index in [1.807, 2.05) is 30.3 Å². The number of benzene rings is 1. The first-order valence-electron chi connectivity index (χ1n) is 8.77. The standard InChI is InChI=1S/C17H23N7O2/c25-16(18-8-4-7-15-20-22-23-21-15)11-14-17(26)19-9-10-24(14)12-13-5-2-1-3-6-13/h1-3,5-6,14H,4,7-12H2,(H,18,25)(H,19,26)(H,20,21,22,23). The third-order valence-corrected chi connectivity index (χ3v) is 4.34. The van der Waals surface area contributed by atoms with Crippen LogP contribution < -0.4 is 10.6 Å². The Labute approximate surface area is 151 Å². The van der Waals surface area contributed by atoms with Gasteiger partial charge in [-0.15, -0.1) is 10.2 Å². The van der Waals surface area contributed by atoms with Crippen LogP contribution in [0.5, 0.6) is 0 Å². The van der Waals surface area contributed by atoms with Gasteiger partial charge in [-0.2, -0.15) is 5.21 Å². The average Bonchev–Trinajstić information content (AvgIpc) is 3.16. The third kappa shape index (κ3) is 5.09. The molecule has 1 aliphatic heterocycles. The maximum Gasteiger partial charge on any atom is 0.237 e. The molecule has 0 saturated carbocycles. The predicted octanol–water partition coefficient (Wildman–Crippen LogP) is -0.361. The van der Waals surface area contributed by atoms with Crippen LogP contribution in [0.15, 0.2) is 30.3 Å². The van der Waals surface area contributed by atoms with Crippen molar-refractivity contribution in [1.29, 1.82) is 0 Å². The van der Waals surface area contributed by atoms with Crippen molar-refractivity contribution in [3.8, 4) is 0 Å². The average molecular weight is 357 g/mol. The van der Waals surface area contributed by atoms with E-state index in [4.69, 9.17) is 0 Å². The lowest BCUT2D eigenvalue weighted by Gasteiger charge is -2.34. The topological polar surface area (TPSA) is 116 Å². The van der Waals surface area contributed by atoms with Crippen molar-refractivity contribution in [2.45, 2.75) is 31.8 Å². The minimum Gasteiger partial charge on any atom is -0.356 e. The number of amides is 2. The molecular weight excluding hydrogens is 334 g/mol. The summed E-state index contributed by atoms with van der Waals surface area (Å²) in [6, 6.07) is 9.53. The first-order valence-corrected chi connectivity index (χ1v) is 8.77. The fraction of sp³-hybridized carbons (Fsp3) is 0.471. The zero-order chi connectivity index (χ0) is 18.2. The van der Waals surface area contributed by atoms with Crippen LogP contribution in [-0.2, 0) is 22.6 Å². The lowest BCUT2D eigenvalue weighted by atomic mass is 10.1. The first-order chi connectivity index (χ1) is 12.7. The highest BCUT2D eigenvalue weighted by molar-refractivity contribution is 5.88. The van der Waals surface area contributed by atoms with Gasteiger partial charge in [0.15, 0.2) is 5.82 Å². The van der Waals surface area contributed by atoms with Gasteiger partial charge in [0.2, 0.25) is 11.8 Å². The second-order valence-corrected chi connectivity index (χ2v) is 6.25. The minimum atomic E-state index is -0.443. The van der Waals surface area contributed by atoms with E-state index >= 15 is 0 Å². The van der Waals surface area contributed by atoms with Crippen LogP contribution >= 0.6 is 0 Å². The maximum absolute atomic E-state index is 12.3. The summed E-state index contributed by atoms with van der Waals surface area (Å²) in [5, 5.41) is 19.3. The summed E-state index contributed by atoms with van der Waals surface area (Å²) < 4.78 is 0. The molecule has 138 valence electrons. The van der Waals surface area contributed by atoms with Crippen molar-refractivity contribution in [2.24, 2.45) is 0 Å². The molecule has 1 fully saturated rings. The van der Waals surface area contributed by atoms with Gasteiger partial charge in [-0.1, -0.05) is 35.5 Å². The number of hydrogen-bond donors (Lipinski definition) is 3.